The van der Waals surface area contributed by atoms with Crippen LogP contribution in [0, 0.1) is 11.8 Å². The van der Waals surface area contributed by atoms with Gasteiger partial charge < -0.3 is 100 Å². The molecule has 0 aliphatic carbocycles. The Labute approximate surface area is 678 Å². The van der Waals surface area contributed by atoms with Crippen LogP contribution in [0.15, 0.2) is 152 Å². The Morgan fingerprint density at radius 1 is 0.547 bits per heavy atom. The lowest BCUT2D eigenvalue weighted by atomic mass is 9.96. The number of aromatic nitrogens is 3. The van der Waals surface area contributed by atoms with Crippen molar-refractivity contribution in [3.8, 4) is 11.1 Å². The van der Waals surface area contributed by atoms with Crippen LogP contribution in [-0.2, 0) is 106 Å². The molecule has 34 nitrogen and oxygen atoms in total. The normalized spacial score (nSPS) is 25.3. The molecular weight excluding hydrogens is 1510 g/mol. The summed E-state index contributed by atoms with van der Waals surface area (Å²) in [6.45, 7) is 6.18. The second-order valence-electron chi connectivity index (χ2n) is 30.4. The number of ether oxygens (including phenoxy) is 2. The summed E-state index contributed by atoms with van der Waals surface area (Å²) < 4.78 is 13.5. The number of amides is 12. The number of hydrogen-bond acceptors (Lipinski definition) is 21. The molecule has 1 aromatic heterocycles. The van der Waals surface area contributed by atoms with Crippen molar-refractivity contribution in [1.29, 1.82) is 0 Å². The summed E-state index contributed by atoms with van der Waals surface area (Å²) in [5, 5.41) is 68.6. The van der Waals surface area contributed by atoms with Crippen molar-refractivity contribution in [1.82, 2.24) is 73.1 Å². The van der Waals surface area contributed by atoms with Crippen LogP contribution in [0.1, 0.15) is 107 Å². The first-order chi connectivity index (χ1) is 56.1. The Balaban J connectivity index is 1.05. The minimum atomic E-state index is -1.92. The molecule has 3 aliphatic heterocycles. The van der Waals surface area contributed by atoms with Gasteiger partial charge in [0.2, 0.25) is 70.9 Å². The van der Waals surface area contributed by atoms with Crippen LogP contribution in [-0.4, -0.2) is 223 Å². The van der Waals surface area contributed by atoms with Gasteiger partial charge >= 0.3 is 0 Å². The standard InChI is InChI=1S/C83H109N17O17/c1-48(2)39-59-75(108)95-64(42-52-23-13-7-14-24-52)82(115)100-36-18-28-65(100)80(113)94-61(41-51-21-11-6-12-22-51)77(110)91-60(40-50-19-9-5-10-20-50)76(109)93-63(44-68(86)103)78(111)88-58(33-34-67(85)102)74(107)92-62(79(112)96-69(49(3)4)81(114)89-57(27-17-35-84)73(106)90-59)43-56-46-99(98-97-56)37-38-116-83-70(72(105)71(104)66(47-101)117-83)87-45-53-29-31-55(32-30-53)54-25-15-8-16-26-54/h5-16,19-26,29-32,46,48-49,57-66,69-72,83,87,101,104-105H,17-18,27-28,33-45,47,84H2,1-4H3,(H2,85,102)(H2,86,103)(H,88,111)(H,89,114)(H,90,106)(H,91,110)(H,92,107)(H,93,109)(H,94,113)(H,95,108)(H,96,112)/t57-,58-,59-,60+,61-,62-,63-,64+,65-,66+,69-,70+,71-,72+,83+/m0/s1. The van der Waals surface area contributed by atoms with E-state index in [9.17, 15) is 48.9 Å². The number of nitrogens with one attached hydrogen (secondary N) is 10. The molecule has 0 spiro atoms. The third kappa shape index (κ3) is 26.6. The molecule has 9 rings (SSSR count). The van der Waals surface area contributed by atoms with Crippen molar-refractivity contribution in [2.75, 3.05) is 26.3 Å². The summed E-state index contributed by atoms with van der Waals surface area (Å²) in [5.74, 6) is -12.4. The minimum Gasteiger partial charge on any atom is -0.394 e. The molecule has 3 aliphatic rings. The van der Waals surface area contributed by atoms with Crippen LogP contribution in [0.3, 0.4) is 0 Å². The largest absolute Gasteiger partial charge is 0.394 e. The van der Waals surface area contributed by atoms with Crippen LogP contribution in [0.4, 0.5) is 0 Å². The molecule has 12 amide bonds. The van der Waals surface area contributed by atoms with Crippen LogP contribution in [0.2, 0.25) is 0 Å². The van der Waals surface area contributed by atoms with Gasteiger partial charge in [0.1, 0.15) is 78.7 Å². The topological polar surface area (TPSA) is 516 Å². The highest BCUT2D eigenvalue weighted by atomic mass is 16.7. The summed E-state index contributed by atoms with van der Waals surface area (Å²) in [4.78, 5) is 177. The molecular formula is C83H109N17O17. The van der Waals surface area contributed by atoms with Crippen molar-refractivity contribution in [3.63, 3.8) is 0 Å². The monoisotopic (exact) mass is 1620 g/mol. The molecule has 5 aromatic carbocycles. The fourth-order valence-electron chi connectivity index (χ4n) is 14.2. The van der Waals surface area contributed by atoms with E-state index in [4.69, 9.17) is 26.7 Å². The highest BCUT2D eigenvalue weighted by Crippen LogP contribution is 2.26. The second kappa shape index (κ2) is 44.1. The average Bonchev–Trinajstić information content (AvgIpc) is 1.80. The zero-order chi connectivity index (χ0) is 84.2. The number of nitrogens with zero attached hydrogens (tertiary/aromatic N) is 4. The molecule has 34 heteroatoms. The lowest BCUT2D eigenvalue weighted by molar-refractivity contribution is -0.271. The van der Waals surface area contributed by atoms with Crippen molar-refractivity contribution >= 4 is 70.9 Å². The molecule has 0 unspecified atom stereocenters. The highest BCUT2D eigenvalue weighted by Gasteiger charge is 2.46. The molecule has 0 bridgehead atoms. The Morgan fingerprint density at radius 2 is 1.03 bits per heavy atom. The van der Waals surface area contributed by atoms with E-state index < -0.39 is 200 Å². The summed E-state index contributed by atoms with van der Waals surface area (Å²) in [5.41, 5.74) is 22.0. The van der Waals surface area contributed by atoms with Gasteiger partial charge in [-0.15, -0.1) is 5.10 Å². The van der Waals surface area contributed by atoms with E-state index in [1.54, 1.807) is 105 Å². The summed E-state index contributed by atoms with van der Waals surface area (Å²) in [6.07, 6.45) is -6.51. The fourth-order valence-corrected chi connectivity index (χ4v) is 14.2. The third-order valence-electron chi connectivity index (χ3n) is 20.6. The predicted octanol–water partition coefficient (Wildman–Crippen LogP) is -1.22. The van der Waals surface area contributed by atoms with E-state index in [0.29, 0.717) is 23.1 Å². The highest BCUT2D eigenvalue weighted by molar-refractivity contribution is 6.01. The third-order valence-corrected chi connectivity index (χ3v) is 20.6. The molecule has 15 atom stereocenters. The molecule has 19 N–H and O–H groups in total. The number of aliphatic hydroxyl groups is 3. The number of fused-ring (bicyclic) bond motifs is 1. The predicted molar refractivity (Wildman–Crippen MR) is 427 cm³/mol. The average molecular weight is 1620 g/mol. The fraction of sp³-hybridized carbons (Fsp3) is 0.470. The number of benzene rings is 5. The second-order valence-corrected chi connectivity index (χ2v) is 30.4. The van der Waals surface area contributed by atoms with Crippen molar-refractivity contribution < 1.29 is 82.3 Å². The molecule has 3 saturated heterocycles. The van der Waals surface area contributed by atoms with Crippen molar-refractivity contribution in [3.05, 3.63) is 180 Å². The Kier molecular flexibility index (Phi) is 33.7. The van der Waals surface area contributed by atoms with Gasteiger partial charge in [-0.3, -0.25) is 57.5 Å². The maximum absolute atomic E-state index is 15.3. The van der Waals surface area contributed by atoms with Gasteiger partial charge in [0.25, 0.3) is 0 Å². The maximum atomic E-state index is 15.3. The van der Waals surface area contributed by atoms with Crippen LogP contribution >= 0.6 is 0 Å². The van der Waals surface area contributed by atoms with Crippen molar-refractivity contribution in [2.45, 2.75) is 209 Å². The van der Waals surface area contributed by atoms with Gasteiger partial charge in [0.15, 0.2) is 6.29 Å². The summed E-state index contributed by atoms with van der Waals surface area (Å²) in [6, 6.07) is 26.9. The van der Waals surface area contributed by atoms with E-state index in [-0.39, 0.29) is 89.3 Å². The van der Waals surface area contributed by atoms with Gasteiger partial charge in [0, 0.05) is 51.4 Å². The Bertz CT molecular complexity index is 4320. The molecule has 0 saturated carbocycles. The minimum absolute atomic E-state index is 0.0259. The first-order valence-electron chi connectivity index (χ1n) is 39.6. The first-order valence-corrected chi connectivity index (χ1v) is 39.6. The number of primary amides is 2. The number of hydrogen-bond donors (Lipinski definition) is 16. The number of rotatable bonds is 28. The van der Waals surface area contributed by atoms with Crippen LogP contribution in [0.25, 0.3) is 11.1 Å². The van der Waals surface area contributed by atoms with Gasteiger partial charge in [-0.25, -0.2) is 4.68 Å². The van der Waals surface area contributed by atoms with Gasteiger partial charge in [-0.2, -0.15) is 0 Å². The van der Waals surface area contributed by atoms with Crippen LogP contribution < -0.4 is 70.4 Å². The Morgan fingerprint density at radius 3 is 1.58 bits per heavy atom. The maximum Gasteiger partial charge on any atom is 0.246 e. The smallest absolute Gasteiger partial charge is 0.246 e. The zero-order valence-corrected chi connectivity index (χ0v) is 66.1. The van der Waals surface area contributed by atoms with E-state index in [0.717, 1.165) is 16.7 Å². The SMILES string of the molecule is CC(C)C[C@@H]1NC(=O)[C@H](CCCN)NC(=O)[C@H](C(C)C)NC(=O)[C@H](Cc2cn(CCO[C@@H]3O[C@H](CO)[C@H](O)[C@H](O)[C@H]3NCc3ccc(-c4ccccc4)cc3)nn2)NC(=O)[C@H](CCC(N)=O)NC(=O)[C@H](CC(N)=O)NC(=O)[C@@H](Cc2ccccc2)NC(=O)[C@H](Cc2ccccc2)NC(=O)[C@@H]2CCCN2C(=O)[C@@H](Cc2ccccc2)NC1=O. The molecule has 3 fully saturated rings. The zero-order valence-electron chi connectivity index (χ0n) is 66.1. The molecule has 4 heterocycles. The molecule has 628 valence electrons. The van der Waals surface area contributed by atoms with Crippen LogP contribution in [0.5, 0.6) is 0 Å². The summed E-state index contributed by atoms with van der Waals surface area (Å²) in [7, 11) is 0. The van der Waals surface area contributed by atoms with E-state index in [1.807, 2.05) is 68.4 Å². The molecule has 6 aromatic rings. The summed E-state index contributed by atoms with van der Waals surface area (Å²) >= 11 is 0. The van der Waals surface area contributed by atoms with Gasteiger partial charge in [-0.05, 0) is 90.3 Å². The van der Waals surface area contributed by atoms with Gasteiger partial charge in [0.05, 0.1) is 37.9 Å². The lowest BCUT2D eigenvalue weighted by Crippen LogP contribution is -2.63. The molecule has 117 heavy (non-hydrogen) atoms. The number of carbonyl (C=O) groups is 12. The van der Waals surface area contributed by atoms with Crippen molar-refractivity contribution in [2.24, 2.45) is 29.0 Å². The number of nitrogens with two attached hydrogens (primary N) is 3. The lowest BCUT2D eigenvalue weighted by Gasteiger charge is -2.42. The Hall–Kier alpha value is -11.4. The van der Waals surface area contributed by atoms with E-state index >= 15 is 24.0 Å². The number of aliphatic hydroxyl groups excluding tert-OH is 3. The first kappa shape index (κ1) is 89.5. The quantitative estimate of drug-likeness (QED) is 0.0274. The van der Waals surface area contributed by atoms with Gasteiger partial charge in [-0.1, -0.05) is 179 Å². The number of carbonyl (C=O) groups excluding carboxylic acids is 12. The van der Waals surface area contributed by atoms with E-state index in [2.05, 4.69) is 63.5 Å². The molecule has 0 radical (unpaired) electrons. The van der Waals surface area contributed by atoms with E-state index in [1.165, 1.54) is 15.8 Å².